The minimum atomic E-state index is -3.87. The van der Waals surface area contributed by atoms with Crippen molar-refractivity contribution in [2.75, 3.05) is 36.7 Å². The minimum absolute atomic E-state index is 0.0913. The molecule has 0 saturated carbocycles. The largest absolute Gasteiger partial charge is 0.354 e. The molecule has 1 fully saturated rings. The van der Waals surface area contributed by atoms with Crippen molar-refractivity contribution in [1.82, 2.24) is 10.2 Å². The Balaban J connectivity index is 1.95. The third kappa shape index (κ3) is 6.13. The number of nitrogens with zero attached hydrogens (tertiary/aromatic N) is 2. The lowest BCUT2D eigenvalue weighted by atomic mass is 10.0. The van der Waals surface area contributed by atoms with Crippen molar-refractivity contribution in [3.05, 3.63) is 29.8 Å². The lowest BCUT2D eigenvalue weighted by molar-refractivity contribution is -0.121. The number of benzene rings is 1. The molecule has 1 saturated heterocycles. The first-order valence-corrected chi connectivity index (χ1v) is 11.4. The first-order valence-electron chi connectivity index (χ1n) is 9.54. The van der Waals surface area contributed by atoms with Gasteiger partial charge in [-0.15, -0.1) is 0 Å². The van der Waals surface area contributed by atoms with Gasteiger partial charge in [-0.2, -0.15) is 0 Å². The fourth-order valence-corrected chi connectivity index (χ4v) is 4.75. The zero-order chi connectivity index (χ0) is 20.9. The molecule has 1 amide bonds. The van der Waals surface area contributed by atoms with E-state index in [1.165, 1.54) is 19.8 Å². The molecule has 158 valence electrons. The zero-order valence-corrected chi connectivity index (χ0v) is 17.4. The van der Waals surface area contributed by atoms with Gasteiger partial charge in [-0.05, 0) is 57.3 Å². The molecule has 6 nitrogen and oxygen atoms in total. The Bertz CT molecular complexity index is 789. The standard InChI is InChI=1S/C19H29F2N3O3S/c1-14-6-4-10-23(13-14)11-5-9-22-19(25)15(2)24(28(3,26)27)16-7-8-17(20)18(21)12-16/h7-8,12,14-15H,4-6,9-11,13H2,1-3H3,(H,22,25)/t14-,15-/m1/s1. The third-order valence-corrected chi connectivity index (χ3v) is 6.18. The van der Waals surface area contributed by atoms with Crippen molar-refractivity contribution < 1.29 is 22.0 Å². The molecule has 2 rings (SSSR count). The van der Waals surface area contributed by atoms with E-state index in [4.69, 9.17) is 0 Å². The van der Waals surface area contributed by atoms with E-state index in [1.807, 2.05) is 0 Å². The van der Waals surface area contributed by atoms with Crippen LogP contribution in [-0.2, 0) is 14.8 Å². The van der Waals surface area contributed by atoms with Crippen LogP contribution in [0.2, 0.25) is 0 Å². The number of nitrogens with one attached hydrogen (secondary N) is 1. The van der Waals surface area contributed by atoms with Crippen LogP contribution in [0, 0.1) is 17.6 Å². The molecule has 0 aromatic heterocycles. The number of hydrogen-bond acceptors (Lipinski definition) is 4. The molecule has 1 aliphatic rings. The summed E-state index contributed by atoms with van der Waals surface area (Å²) in [6.07, 6.45) is 4.11. The summed E-state index contributed by atoms with van der Waals surface area (Å²) < 4.78 is 51.8. The predicted octanol–water partition coefficient (Wildman–Crippen LogP) is 2.36. The average Bonchev–Trinajstić information content (AvgIpc) is 2.60. The van der Waals surface area contributed by atoms with Gasteiger partial charge in [0.1, 0.15) is 6.04 Å². The number of rotatable bonds is 8. The number of amides is 1. The number of piperidine rings is 1. The summed E-state index contributed by atoms with van der Waals surface area (Å²) in [5.41, 5.74) is -0.0913. The van der Waals surface area contributed by atoms with Crippen molar-refractivity contribution in [2.45, 2.75) is 39.2 Å². The number of sulfonamides is 1. The Morgan fingerprint density at radius 3 is 2.68 bits per heavy atom. The summed E-state index contributed by atoms with van der Waals surface area (Å²) in [6, 6.07) is 1.67. The molecule has 1 aromatic rings. The van der Waals surface area contributed by atoms with E-state index < -0.39 is 33.6 Å². The van der Waals surface area contributed by atoms with E-state index in [1.54, 1.807) is 0 Å². The smallest absolute Gasteiger partial charge is 0.243 e. The Kier molecular flexibility index (Phi) is 7.77. The molecule has 0 radical (unpaired) electrons. The van der Waals surface area contributed by atoms with Gasteiger partial charge < -0.3 is 10.2 Å². The lowest BCUT2D eigenvalue weighted by Gasteiger charge is -2.31. The Morgan fingerprint density at radius 2 is 2.07 bits per heavy atom. The summed E-state index contributed by atoms with van der Waals surface area (Å²) in [4.78, 5) is 14.8. The fourth-order valence-electron chi connectivity index (χ4n) is 3.58. The molecule has 2 atom stereocenters. The van der Waals surface area contributed by atoms with E-state index in [0.717, 1.165) is 54.8 Å². The molecule has 9 heteroatoms. The normalized spacial score (nSPS) is 19.2. The van der Waals surface area contributed by atoms with E-state index in [9.17, 15) is 22.0 Å². The molecule has 1 aromatic carbocycles. The van der Waals surface area contributed by atoms with Gasteiger partial charge in [-0.25, -0.2) is 17.2 Å². The van der Waals surface area contributed by atoms with E-state index in [0.29, 0.717) is 12.5 Å². The molecule has 28 heavy (non-hydrogen) atoms. The molecular formula is C19H29F2N3O3S. The summed E-state index contributed by atoms with van der Waals surface area (Å²) in [5.74, 6) is -2.05. The quantitative estimate of drug-likeness (QED) is 0.660. The molecule has 1 N–H and O–H groups in total. The van der Waals surface area contributed by atoms with E-state index in [2.05, 4.69) is 17.1 Å². The predicted molar refractivity (Wildman–Crippen MR) is 106 cm³/mol. The Labute approximate surface area is 165 Å². The highest BCUT2D eigenvalue weighted by Crippen LogP contribution is 2.23. The van der Waals surface area contributed by atoms with Crippen molar-refractivity contribution >= 4 is 21.6 Å². The summed E-state index contributed by atoms with van der Waals surface area (Å²) in [6.45, 7) is 7.06. The highest BCUT2D eigenvalue weighted by molar-refractivity contribution is 7.92. The second kappa shape index (κ2) is 9.65. The monoisotopic (exact) mass is 417 g/mol. The first-order chi connectivity index (χ1) is 13.1. The second-order valence-corrected chi connectivity index (χ2v) is 9.39. The summed E-state index contributed by atoms with van der Waals surface area (Å²) in [7, 11) is -3.87. The number of hydrogen-bond donors (Lipinski definition) is 1. The molecule has 0 spiro atoms. The van der Waals surface area contributed by atoms with Crippen LogP contribution >= 0.6 is 0 Å². The van der Waals surface area contributed by atoms with Crippen molar-refractivity contribution in [3.8, 4) is 0 Å². The maximum absolute atomic E-state index is 13.5. The topological polar surface area (TPSA) is 69.7 Å². The SMILES string of the molecule is C[C@@H]1CCCN(CCCNC(=O)[C@@H](C)N(c2ccc(F)c(F)c2)S(C)(=O)=O)C1. The Hall–Kier alpha value is -1.74. The van der Waals surface area contributed by atoms with Gasteiger partial charge in [-0.3, -0.25) is 9.10 Å². The van der Waals surface area contributed by atoms with Crippen molar-refractivity contribution in [1.29, 1.82) is 0 Å². The maximum atomic E-state index is 13.5. The van der Waals surface area contributed by atoms with Gasteiger partial charge >= 0.3 is 0 Å². The third-order valence-electron chi connectivity index (χ3n) is 4.94. The summed E-state index contributed by atoms with van der Waals surface area (Å²) >= 11 is 0. The molecule has 0 bridgehead atoms. The highest BCUT2D eigenvalue weighted by Gasteiger charge is 2.29. The van der Waals surface area contributed by atoms with Gasteiger partial charge in [0, 0.05) is 19.2 Å². The van der Waals surface area contributed by atoms with Crippen LogP contribution in [0.1, 0.15) is 33.1 Å². The highest BCUT2D eigenvalue weighted by atomic mass is 32.2. The zero-order valence-electron chi connectivity index (χ0n) is 16.6. The number of anilines is 1. The van der Waals surface area contributed by atoms with Crippen LogP contribution in [0.25, 0.3) is 0 Å². The molecule has 0 unspecified atom stereocenters. The maximum Gasteiger partial charge on any atom is 0.243 e. The van der Waals surface area contributed by atoms with Crippen molar-refractivity contribution in [3.63, 3.8) is 0 Å². The fraction of sp³-hybridized carbons (Fsp3) is 0.632. The lowest BCUT2D eigenvalue weighted by Crippen LogP contribution is -2.48. The van der Waals surface area contributed by atoms with Crippen molar-refractivity contribution in [2.24, 2.45) is 5.92 Å². The molecule has 0 aliphatic carbocycles. The van der Waals surface area contributed by atoms with Crippen LogP contribution in [0.15, 0.2) is 18.2 Å². The van der Waals surface area contributed by atoms with E-state index >= 15 is 0 Å². The van der Waals surface area contributed by atoms with Gasteiger partial charge in [-0.1, -0.05) is 6.92 Å². The molecular weight excluding hydrogens is 388 g/mol. The number of halogens is 2. The number of likely N-dealkylation sites (tertiary alicyclic amines) is 1. The van der Waals surface area contributed by atoms with Gasteiger partial charge in [0.25, 0.3) is 0 Å². The van der Waals surface area contributed by atoms with Crippen LogP contribution in [-0.4, -0.2) is 57.7 Å². The van der Waals surface area contributed by atoms with E-state index in [-0.39, 0.29) is 5.69 Å². The van der Waals surface area contributed by atoms with Gasteiger partial charge in [0.2, 0.25) is 15.9 Å². The van der Waals surface area contributed by atoms with Crippen LogP contribution < -0.4 is 9.62 Å². The molecule has 1 aliphatic heterocycles. The van der Waals surface area contributed by atoms with Crippen LogP contribution in [0.5, 0.6) is 0 Å². The van der Waals surface area contributed by atoms with Gasteiger partial charge in [0.15, 0.2) is 11.6 Å². The van der Waals surface area contributed by atoms with Gasteiger partial charge in [0.05, 0.1) is 11.9 Å². The molecule has 1 heterocycles. The minimum Gasteiger partial charge on any atom is -0.354 e. The summed E-state index contributed by atoms with van der Waals surface area (Å²) in [5, 5.41) is 2.74. The van der Waals surface area contributed by atoms with Crippen LogP contribution in [0.3, 0.4) is 0 Å². The average molecular weight is 418 g/mol. The number of carbonyl (C=O) groups excluding carboxylic acids is 1. The second-order valence-electron chi connectivity index (χ2n) is 7.53. The van der Waals surface area contributed by atoms with Crippen LogP contribution in [0.4, 0.5) is 14.5 Å². The number of carbonyl (C=O) groups is 1. The first kappa shape index (κ1) is 22.5. The Morgan fingerprint density at radius 1 is 1.36 bits per heavy atom.